The molecule has 0 fully saturated rings. The van der Waals surface area contributed by atoms with Crippen LogP contribution in [0.25, 0.3) is 10.4 Å². The summed E-state index contributed by atoms with van der Waals surface area (Å²) in [6.07, 6.45) is -2.92. The maximum Gasteiger partial charge on any atom is 0.129 e. The first kappa shape index (κ1) is 13.4. The van der Waals surface area contributed by atoms with Crippen molar-refractivity contribution in [2.75, 3.05) is 6.54 Å². The van der Waals surface area contributed by atoms with E-state index in [2.05, 4.69) is 10.0 Å². The minimum atomic E-state index is -1.56. The van der Waals surface area contributed by atoms with Gasteiger partial charge >= 0.3 is 0 Å². The molecule has 0 aliphatic heterocycles. The number of benzene rings is 1. The van der Waals surface area contributed by atoms with E-state index in [-0.39, 0.29) is 18.5 Å². The van der Waals surface area contributed by atoms with Crippen molar-refractivity contribution in [3.8, 4) is 0 Å². The summed E-state index contributed by atoms with van der Waals surface area (Å²) >= 11 is 0. The van der Waals surface area contributed by atoms with Gasteiger partial charge in [-0.1, -0.05) is 5.11 Å². The maximum atomic E-state index is 13.2. The highest BCUT2D eigenvalue weighted by atomic mass is 19.1. The zero-order chi connectivity index (χ0) is 12.8. The fraction of sp³-hybridized carbons (Fsp3) is 0.400. The molecule has 0 saturated heterocycles. The normalized spacial score (nSPS) is 13.9. The minimum absolute atomic E-state index is 0.0361. The molecule has 1 rings (SSSR count). The van der Waals surface area contributed by atoms with Crippen LogP contribution in [0.2, 0.25) is 0 Å². The molecule has 92 valence electrons. The molecule has 2 atom stereocenters. The Morgan fingerprint density at radius 2 is 2.06 bits per heavy atom. The molecule has 0 aliphatic carbocycles. The van der Waals surface area contributed by atoms with E-state index in [0.29, 0.717) is 0 Å². The Bertz CT molecular complexity index is 436. The van der Waals surface area contributed by atoms with Gasteiger partial charge in [0.15, 0.2) is 0 Å². The lowest BCUT2D eigenvalue weighted by atomic mass is 10.0. The standard InChI is InChI=1S/C10H11F2N3O2/c11-6-1-2-8(12)7(5-6)10(17)9(16)3-4-14-15-13/h1-2,5,9-10,16-17H,3-4H2. The molecule has 0 radical (unpaired) electrons. The average molecular weight is 243 g/mol. The van der Waals surface area contributed by atoms with E-state index >= 15 is 0 Å². The van der Waals surface area contributed by atoms with Crippen LogP contribution in [0.15, 0.2) is 23.3 Å². The zero-order valence-electron chi connectivity index (χ0n) is 8.79. The molecule has 1 aromatic carbocycles. The predicted octanol–water partition coefficient (Wildman–Crippen LogP) is 2.06. The number of aliphatic hydroxyl groups is 2. The Balaban J connectivity index is 2.76. The Hall–Kier alpha value is -1.69. The lowest BCUT2D eigenvalue weighted by Crippen LogP contribution is -2.20. The Labute approximate surface area is 95.9 Å². The van der Waals surface area contributed by atoms with E-state index in [1.165, 1.54) is 0 Å². The monoisotopic (exact) mass is 243 g/mol. The van der Waals surface area contributed by atoms with Crippen LogP contribution in [-0.2, 0) is 0 Å². The van der Waals surface area contributed by atoms with E-state index in [4.69, 9.17) is 5.53 Å². The molecule has 2 unspecified atom stereocenters. The Kier molecular flexibility index (Phi) is 4.84. The summed E-state index contributed by atoms with van der Waals surface area (Å²) in [5.41, 5.74) is 7.70. The van der Waals surface area contributed by atoms with Gasteiger partial charge in [-0.15, -0.1) is 0 Å². The molecule has 0 bridgehead atoms. The van der Waals surface area contributed by atoms with Gasteiger partial charge in [-0.05, 0) is 30.2 Å². The van der Waals surface area contributed by atoms with Gasteiger partial charge in [0.05, 0.1) is 6.10 Å². The van der Waals surface area contributed by atoms with Crippen molar-refractivity contribution in [2.45, 2.75) is 18.6 Å². The fourth-order valence-electron chi connectivity index (χ4n) is 1.34. The molecular weight excluding hydrogens is 232 g/mol. The quantitative estimate of drug-likeness (QED) is 0.471. The highest BCUT2D eigenvalue weighted by Gasteiger charge is 2.21. The van der Waals surface area contributed by atoms with Crippen LogP contribution in [0, 0.1) is 11.6 Å². The van der Waals surface area contributed by atoms with Gasteiger partial charge in [0.1, 0.15) is 17.7 Å². The molecule has 1 aromatic rings. The molecule has 17 heavy (non-hydrogen) atoms. The van der Waals surface area contributed by atoms with Gasteiger partial charge in [-0.3, -0.25) is 0 Å². The minimum Gasteiger partial charge on any atom is -0.390 e. The number of aliphatic hydroxyl groups excluding tert-OH is 2. The largest absolute Gasteiger partial charge is 0.390 e. The van der Waals surface area contributed by atoms with E-state index in [1.807, 2.05) is 0 Å². The van der Waals surface area contributed by atoms with Crippen LogP contribution in [0.5, 0.6) is 0 Å². The fourth-order valence-corrected chi connectivity index (χ4v) is 1.34. The number of rotatable bonds is 5. The van der Waals surface area contributed by atoms with Crippen LogP contribution < -0.4 is 0 Å². The van der Waals surface area contributed by atoms with Gasteiger partial charge in [0.2, 0.25) is 0 Å². The van der Waals surface area contributed by atoms with Crippen LogP contribution in [0.4, 0.5) is 8.78 Å². The predicted molar refractivity (Wildman–Crippen MR) is 56.0 cm³/mol. The molecule has 7 heteroatoms. The summed E-state index contributed by atoms with van der Waals surface area (Å²) in [6.45, 7) is -0.0361. The second-order valence-corrected chi connectivity index (χ2v) is 3.42. The number of hydrogen-bond acceptors (Lipinski definition) is 3. The third-order valence-electron chi connectivity index (χ3n) is 2.23. The first-order valence-electron chi connectivity index (χ1n) is 4.88. The van der Waals surface area contributed by atoms with Crippen molar-refractivity contribution < 1.29 is 19.0 Å². The molecular formula is C10H11F2N3O2. The van der Waals surface area contributed by atoms with Crippen LogP contribution in [0.1, 0.15) is 18.1 Å². The molecule has 0 saturated carbocycles. The Morgan fingerprint density at radius 3 is 2.71 bits per heavy atom. The van der Waals surface area contributed by atoms with Gasteiger partial charge < -0.3 is 10.2 Å². The highest BCUT2D eigenvalue weighted by molar-refractivity contribution is 5.21. The third-order valence-corrected chi connectivity index (χ3v) is 2.23. The number of nitrogens with zero attached hydrogens (tertiary/aromatic N) is 3. The summed E-state index contributed by atoms with van der Waals surface area (Å²) in [5, 5.41) is 22.3. The second kappa shape index (κ2) is 6.15. The third kappa shape index (κ3) is 3.67. The topological polar surface area (TPSA) is 89.2 Å². The first-order valence-corrected chi connectivity index (χ1v) is 4.88. The summed E-state index contributed by atoms with van der Waals surface area (Å²) in [7, 11) is 0. The molecule has 0 spiro atoms. The smallest absolute Gasteiger partial charge is 0.129 e. The van der Waals surface area contributed by atoms with Crippen LogP contribution >= 0.6 is 0 Å². The van der Waals surface area contributed by atoms with Crippen molar-refractivity contribution in [2.24, 2.45) is 5.11 Å². The van der Waals surface area contributed by atoms with Gasteiger partial charge in [0.25, 0.3) is 0 Å². The van der Waals surface area contributed by atoms with Gasteiger partial charge in [0, 0.05) is 17.0 Å². The summed E-state index contributed by atoms with van der Waals surface area (Å²) < 4.78 is 26.1. The van der Waals surface area contributed by atoms with Crippen LogP contribution in [-0.4, -0.2) is 22.9 Å². The summed E-state index contributed by atoms with van der Waals surface area (Å²) in [4.78, 5) is 2.47. The van der Waals surface area contributed by atoms with Crippen molar-refractivity contribution in [3.63, 3.8) is 0 Å². The first-order chi connectivity index (χ1) is 8.06. The van der Waals surface area contributed by atoms with Crippen LogP contribution in [0.3, 0.4) is 0 Å². The second-order valence-electron chi connectivity index (χ2n) is 3.42. The number of hydrogen-bond donors (Lipinski definition) is 2. The summed E-state index contributed by atoms with van der Waals surface area (Å²) in [5.74, 6) is -1.51. The number of azide groups is 1. The maximum absolute atomic E-state index is 13.2. The van der Waals surface area contributed by atoms with Crippen molar-refractivity contribution in [1.82, 2.24) is 0 Å². The SMILES string of the molecule is [N-]=[N+]=NCCC(O)C(O)c1cc(F)ccc1F. The lowest BCUT2D eigenvalue weighted by Gasteiger charge is -2.17. The highest BCUT2D eigenvalue weighted by Crippen LogP contribution is 2.22. The molecule has 0 aliphatic rings. The molecule has 0 heterocycles. The summed E-state index contributed by atoms with van der Waals surface area (Å²) in [6, 6.07) is 2.60. The van der Waals surface area contributed by atoms with Gasteiger partial charge in [-0.2, -0.15) is 0 Å². The van der Waals surface area contributed by atoms with Gasteiger partial charge in [-0.25, -0.2) is 8.78 Å². The van der Waals surface area contributed by atoms with Crippen molar-refractivity contribution in [3.05, 3.63) is 45.8 Å². The van der Waals surface area contributed by atoms with Crippen molar-refractivity contribution in [1.29, 1.82) is 0 Å². The zero-order valence-corrected chi connectivity index (χ0v) is 8.79. The van der Waals surface area contributed by atoms with E-state index in [1.54, 1.807) is 0 Å². The molecule has 5 nitrogen and oxygen atoms in total. The number of halogens is 2. The Morgan fingerprint density at radius 1 is 1.35 bits per heavy atom. The molecule has 0 amide bonds. The lowest BCUT2D eigenvalue weighted by molar-refractivity contribution is 0.0128. The average Bonchev–Trinajstić information content (AvgIpc) is 2.31. The van der Waals surface area contributed by atoms with E-state index in [0.717, 1.165) is 18.2 Å². The van der Waals surface area contributed by atoms with Crippen molar-refractivity contribution >= 4 is 0 Å². The van der Waals surface area contributed by atoms with E-state index < -0.39 is 23.8 Å². The molecule has 0 aromatic heterocycles. The van der Waals surface area contributed by atoms with E-state index in [9.17, 15) is 19.0 Å². The molecule has 2 N–H and O–H groups in total.